The molecule has 0 amide bonds. The summed E-state index contributed by atoms with van der Waals surface area (Å²) in [5.41, 5.74) is -1.98. The summed E-state index contributed by atoms with van der Waals surface area (Å²) < 4.78 is 10.7. The fourth-order valence-corrected chi connectivity index (χ4v) is 1.81. The molecule has 6 heteroatoms. The Balaban J connectivity index is 2.63. The molecule has 0 spiro atoms. The van der Waals surface area contributed by atoms with Gasteiger partial charge in [-0.15, -0.1) is 0 Å². The number of carbonyl (C=O) groups is 2. The van der Waals surface area contributed by atoms with Crippen molar-refractivity contribution in [2.45, 2.75) is 45.3 Å². The number of ether oxygens (including phenoxy) is 2. The van der Waals surface area contributed by atoms with Crippen LogP contribution in [-0.4, -0.2) is 41.2 Å². The van der Waals surface area contributed by atoms with Gasteiger partial charge in [0.1, 0.15) is 0 Å². The average Bonchev–Trinajstić information content (AvgIpc) is 2.29. The van der Waals surface area contributed by atoms with Crippen LogP contribution < -0.4 is 0 Å². The SMILES string of the molecule is CCCCCC1(C)OCC(C(=O)O)(C(=O)O)CO1. The van der Waals surface area contributed by atoms with Gasteiger partial charge in [0.05, 0.1) is 13.2 Å². The van der Waals surface area contributed by atoms with Gasteiger partial charge in [0.15, 0.2) is 5.79 Å². The maximum Gasteiger partial charge on any atom is 0.325 e. The Kier molecular flexibility index (Phi) is 4.70. The summed E-state index contributed by atoms with van der Waals surface area (Å²) in [6, 6.07) is 0. The molecule has 0 saturated carbocycles. The number of hydrogen-bond donors (Lipinski definition) is 2. The first-order valence-electron chi connectivity index (χ1n) is 6.11. The second kappa shape index (κ2) is 5.67. The van der Waals surface area contributed by atoms with E-state index in [0.717, 1.165) is 19.3 Å². The van der Waals surface area contributed by atoms with Crippen molar-refractivity contribution < 1.29 is 29.3 Å². The van der Waals surface area contributed by atoms with Crippen molar-refractivity contribution >= 4 is 11.9 Å². The van der Waals surface area contributed by atoms with Gasteiger partial charge in [-0.2, -0.15) is 0 Å². The summed E-state index contributed by atoms with van der Waals surface area (Å²) in [4.78, 5) is 22.1. The molecular weight excluding hydrogens is 240 g/mol. The molecule has 0 aliphatic carbocycles. The van der Waals surface area contributed by atoms with Crippen molar-refractivity contribution in [3.63, 3.8) is 0 Å². The molecule has 1 fully saturated rings. The second-order valence-electron chi connectivity index (χ2n) is 4.86. The molecule has 0 aromatic carbocycles. The van der Waals surface area contributed by atoms with Gasteiger partial charge < -0.3 is 19.7 Å². The van der Waals surface area contributed by atoms with Crippen molar-refractivity contribution in [1.82, 2.24) is 0 Å². The third kappa shape index (κ3) is 3.00. The normalized spacial score (nSPS) is 21.4. The molecule has 2 N–H and O–H groups in total. The first-order chi connectivity index (χ1) is 8.36. The lowest BCUT2D eigenvalue weighted by molar-refractivity contribution is -0.293. The van der Waals surface area contributed by atoms with Gasteiger partial charge in [0.25, 0.3) is 0 Å². The molecular formula is C12H20O6. The average molecular weight is 260 g/mol. The highest BCUT2D eigenvalue weighted by atomic mass is 16.7. The zero-order valence-corrected chi connectivity index (χ0v) is 10.8. The minimum absolute atomic E-state index is 0.361. The number of rotatable bonds is 6. The lowest BCUT2D eigenvalue weighted by atomic mass is 9.89. The van der Waals surface area contributed by atoms with E-state index in [2.05, 4.69) is 6.92 Å². The van der Waals surface area contributed by atoms with Crippen LogP contribution in [0.1, 0.15) is 39.5 Å². The molecule has 1 rings (SSSR count). The van der Waals surface area contributed by atoms with E-state index in [4.69, 9.17) is 19.7 Å². The highest BCUT2D eigenvalue weighted by molar-refractivity contribution is 5.98. The molecule has 1 aliphatic heterocycles. The van der Waals surface area contributed by atoms with E-state index in [0.29, 0.717) is 6.42 Å². The lowest BCUT2D eigenvalue weighted by Gasteiger charge is -2.40. The van der Waals surface area contributed by atoms with E-state index < -0.39 is 23.1 Å². The Morgan fingerprint density at radius 1 is 1.11 bits per heavy atom. The van der Waals surface area contributed by atoms with Crippen LogP contribution in [0.3, 0.4) is 0 Å². The molecule has 104 valence electrons. The van der Waals surface area contributed by atoms with E-state index in [1.165, 1.54) is 0 Å². The van der Waals surface area contributed by atoms with Crippen molar-refractivity contribution in [2.75, 3.05) is 13.2 Å². The van der Waals surface area contributed by atoms with E-state index in [1.807, 2.05) is 0 Å². The van der Waals surface area contributed by atoms with Gasteiger partial charge in [0, 0.05) is 6.42 Å². The maximum atomic E-state index is 11.0. The van der Waals surface area contributed by atoms with Gasteiger partial charge in [-0.05, 0) is 13.3 Å². The third-order valence-corrected chi connectivity index (χ3v) is 3.30. The summed E-state index contributed by atoms with van der Waals surface area (Å²) >= 11 is 0. The van der Waals surface area contributed by atoms with Crippen molar-refractivity contribution in [2.24, 2.45) is 5.41 Å². The zero-order valence-electron chi connectivity index (χ0n) is 10.8. The Labute approximate surface area is 106 Å². The van der Waals surface area contributed by atoms with Gasteiger partial charge in [-0.3, -0.25) is 9.59 Å². The number of hydrogen-bond acceptors (Lipinski definition) is 4. The van der Waals surface area contributed by atoms with E-state index in [1.54, 1.807) is 6.92 Å². The third-order valence-electron chi connectivity index (χ3n) is 3.30. The molecule has 0 aromatic rings. The largest absolute Gasteiger partial charge is 0.480 e. The number of aliphatic carboxylic acids is 2. The van der Waals surface area contributed by atoms with Crippen LogP contribution in [0.25, 0.3) is 0 Å². The molecule has 1 aliphatic rings. The number of carboxylic acid groups (broad SMARTS) is 2. The molecule has 0 unspecified atom stereocenters. The van der Waals surface area contributed by atoms with Crippen LogP contribution in [0.15, 0.2) is 0 Å². The molecule has 0 bridgehead atoms. The van der Waals surface area contributed by atoms with Gasteiger partial charge in [-0.25, -0.2) is 0 Å². The lowest BCUT2D eigenvalue weighted by Crippen LogP contribution is -2.55. The maximum absolute atomic E-state index is 11.0. The standard InChI is InChI=1S/C12H20O6/c1-3-4-5-6-11(2)17-7-12(8-18-11,9(13)14)10(15)16/h3-8H2,1-2H3,(H,13,14)(H,15,16). The first-order valence-corrected chi connectivity index (χ1v) is 6.11. The summed E-state index contributed by atoms with van der Waals surface area (Å²) in [7, 11) is 0. The van der Waals surface area contributed by atoms with Crippen LogP contribution in [0.5, 0.6) is 0 Å². The van der Waals surface area contributed by atoms with Crippen LogP contribution in [-0.2, 0) is 19.1 Å². The first kappa shape index (κ1) is 14.9. The van der Waals surface area contributed by atoms with Crippen LogP contribution >= 0.6 is 0 Å². The molecule has 6 nitrogen and oxygen atoms in total. The monoisotopic (exact) mass is 260 g/mol. The van der Waals surface area contributed by atoms with Crippen molar-refractivity contribution in [3.05, 3.63) is 0 Å². The fraction of sp³-hybridized carbons (Fsp3) is 0.833. The van der Waals surface area contributed by atoms with E-state index >= 15 is 0 Å². The molecule has 1 heterocycles. The minimum atomic E-state index is -1.98. The van der Waals surface area contributed by atoms with E-state index in [-0.39, 0.29) is 13.2 Å². The Bertz CT molecular complexity index is 301. The highest BCUT2D eigenvalue weighted by Gasteiger charge is 2.53. The van der Waals surface area contributed by atoms with Crippen LogP contribution in [0, 0.1) is 5.41 Å². The van der Waals surface area contributed by atoms with E-state index in [9.17, 15) is 9.59 Å². The fourth-order valence-electron chi connectivity index (χ4n) is 1.81. The predicted octanol–water partition coefficient (Wildman–Crippen LogP) is 1.49. The van der Waals surface area contributed by atoms with Gasteiger partial charge in [0.2, 0.25) is 5.41 Å². The topological polar surface area (TPSA) is 93.1 Å². The second-order valence-corrected chi connectivity index (χ2v) is 4.86. The summed E-state index contributed by atoms with van der Waals surface area (Å²) in [5.74, 6) is -3.72. The Morgan fingerprint density at radius 3 is 2.00 bits per heavy atom. The molecule has 0 aromatic heterocycles. The summed E-state index contributed by atoms with van der Waals surface area (Å²) in [6.45, 7) is 3.07. The predicted molar refractivity (Wildman–Crippen MR) is 62.2 cm³/mol. The summed E-state index contributed by atoms with van der Waals surface area (Å²) in [5, 5.41) is 18.0. The molecule has 0 atom stereocenters. The smallest absolute Gasteiger partial charge is 0.325 e. The highest BCUT2D eigenvalue weighted by Crippen LogP contribution is 2.33. The number of carboxylic acids is 2. The van der Waals surface area contributed by atoms with Crippen molar-refractivity contribution in [3.8, 4) is 0 Å². The van der Waals surface area contributed by atoms with Gasteiger partial charge >= 0.3 is 11.9 Å². The zero-order chi connectivity index (χ0) is 13.8. The molecule has 18 heavy (non-hydrogen) atoms. The molecule has 0 radical (unpaired) electrons. The Morgan fingerprint density at radius 2 is 1.61 bits per heavy atom. The van der Waals surface area contributed by atoms with Crippen LogP contribution in [0.2, 0.25) is 0 Å². The van der Waals surface area contributed by atoms with Crippen molar-refractivity contribution in [1.29, 1.82) is 0 Å². The minimum Gasteiger partial charge on any atom is -0.480 e. The quantitative estimate of drug-likeness (QED) is 0.555. The Hall–Kier alpha value is -1.14. The number of unbranched alkanes of at least 4 members (excludes halogenated alkanes) is 2. The summed E-state index contributed by atoms with van der Waals surface area (Å²) in [6.07, 6.45) is 3.63. The molecule has 1 saturated heterocycles. The van der Waals surface area contributed by atoms with Gasteiger partial charge in [-0.1, -0.05) is 19.8 Å². The van der Waals surface area contributed by atoms with Crippen LogP contribution in [0.4, 0.5) is 0 Å².